The maximum absolute atomic E-state index is 10.2. The number of carboxylic acid groups (broad SMARTS) is 1. The van der Waals surface area contributed by atoms with Crippen LogP contribution in [0.1, 0.15) is 26.7 Å². The molecule has 0 aliphatic carbocycles. The SMILES string of the molecule is CC(C)C[C@@H](CC=O)NC(=O)O. The molecule has 0 unspecified atom stereocenters. The quantitative estimate of drug-likeness (QED) is 0.615. The van der Waals surface area contributed by atoms with Gasteiger partial charge in [-0.05, 0) is 12.3 Å². The molecule has 0 fully saturated rings. The summed E-state index contributed by atoms with van der Waals surface area (Å²) in [6.45, 7) is 3.97. The molecule has 0 aliphatic heterocycles. The van der Waals surface area contributed by atoms with Crippen molar-refractivity contribution >= 4 is 12.4 Å². The molecule has 0 saturated carbocycles. The minimum absolute atomic E-state index is 0.236. The molecule has 0 aromatic carbocycles. The first-order valence-corrected chi connectivity index (χ1v) is 3.99. The average molecular weight is 173 g/mol. The van der Waals surface area contributed by atoms with Crippen molar-refractivity contribution in [1.82, 2.24) is 5.32 Å². The van der Waals surface area contributed by atoms with Gasteiger partial charge in [-0.1, -0.05) is 13.8 Å². The van der Waals surface area contributed by atoms with E-state index in [0.717, 1.165) is 6.29 Å². The molecule has 0 saturated heterocycles. The van der Waals surface area contributed by atoms with Gasteiger partial charge >= 0.3 is 6.09 Å². The van der Waals surface area contributed by atoms with Crippen LogP contribution in [0.2, 0.25) is 0 Å². The molecule has 2 N–H and O–H groups in total. The average Bonchev–Trinajstić information content (AvgIpc) is 1.84. The van der Waals surface area contributed by atoms with E-state index in [2.05, 4.69) is 5.32 Å². The topological polar surface area (TPSA) is 66.4 Å². The van der Waals surface area contributed by atoms with Gasteiger partial charge in [0.2, 0.25) is 0 Å². The van der Waals surface area contributed by atoms with Gasteiger partial charge in [0, 0.05) is 12.5 Å². The molecule has 4 heteroatoms. The fourth-order valence-electron chi connectivity index (χ4n) is 1.07. The Morgan fingerprint density at radius 1 is 1.58 bits per heavy atom. The third kappa shape index (κ3) is 5.70. The first kappa shape index (κ1) is 10.9. The van der Waals surface area contributed by atoms with Crippen LogP contribution in [0.3, 0.4) is 0 Å². The summed E-state index contributed by atoms with van der Waals surface area (Å²) in [6.07, 6.45) is 0.626. The molecule has 0 spiro atoms. The minimum Gasteiger partial charge on any atom is -0.465 e. The number of hydrogen-bond acceptors (Lipinski definition) is 2. The predicted octanol–water partition coefficient (Wildman–Crippen LogP) is 1.26. The summed E-state index contributed by atoms with van der Waals surface area (Å²) in [7, 11) is 0. The van der Waals surface area contributed by atoms with E-state index in [1.165, 1.54) is 0 Å². The van der Waals surface area contributed by atoms with E-state index in [0.29, 0.717) is 12.3 Å². The highest BCUT2D eigenvalue weighted by Gasteiger charge is 2.11. The number of aldehydes is 1. The van der Waals surface area contributed by atoms with Gasteiger partial charge in [0.05, 0.1) is 0 Å². The van der Waals surface area contributed by atoms with Crippen molar-refractivity contribution in [3.05, 3.63) is 0 Å². The van der Waals surface area contributed by atoms with Gasteiger partial charge in [0.15, 0.2) is 0 Å². The monoisotopic (exact) mass is 173 g/mol. The lowest BCUT2D eigenvalue weighted by Crippen LogP contribution is -2.34. The van der Waals surface area contributed by atoms with Crippen LogP contribution in [-0.2, 0) is 4.79 Å². The summed E-state index contributed by atoms with van der Waals surface area (Å²) in [5.74, 6) is 0.391. The highest BCUT2D eigenvalue weighted by molar-refractivity contribution is 5.65. The molecule has 4 nitrogen and oxygen atoms in total. The maximum Gasteiger partial charge on any atom is 0.404 e. The molecule has 0 aliphatic rings. The first-order valence-electron chi connectivity index (χ1n) is 3.99. The van der Waals surface area contributed by atoms with Gasteiger partial charge in [-0.3, -0.25) is 0 Å². The number of nitrogens with one attached hydrogen (secondary N) is 1. The van der Waals surface area contributed by atoms with Crippen molar-refractivity contribution in [3.63, 3.8) is 0 Å². The highest BCUT2D eigenvalue weighted by atomic mass is 16.4. The zero-order valence-electron chi connectivity index (χ0n) is 7.41. The Balaban J connectivity index is 3.85. The second kappa shape index (κ2) is 5.57. The second-order valence-electron chi connectivity index (χ2n) is 3.18. The van der Waals surface area contributed by atoms with Crippen LogP contribution >= 0.6 is 0 Å². The van der Waals surface area contributed by atoms with Gasteiger partial charge < -0.3 is 15.2 Å². The molecule has 0 rings (SSSR count). The van der Waals surface area contributed by atoms with Crippen molar-refractivity contribution in [2.75, 3.05) is 0 Å². The molecule has 1 amide bonds. The van der Waals surface area contributed by atoms with Crippen LogP contribution in [0.15, 0.2) is 0 Å². The van der Waals surface area contributed by atoms with Gasteiger partial charge in [-0.25, -0.2) is 4.79 Å². The highest BCUT2D eigenvalue weighted by Crippen LogP contribution is 2.06. The summed E-state index contributed by atoms with van der Waals surface area (Å²) in [4.78, 5) is 20.4. The van der Waals surface area contributed by atoms with E-state index in [-0.39, 0.29) is 12.5 Å². The molecular formula is C8H15NO3. The number of rotatable bonds is 5. The summed E-state index contributed by atoms with van der Waals surface area (Å²) in [5, 5.41) is 10.7. The molecule has 1 atom stereocenters. The molecule has 12 heavy (non-hydrogen) atoms. The summed E-state index contributed by atoms with van der Waals surface area (Å²) in [5.41, 5.74) is 0. The van der Waals surface area contributed by atoms with Gasteiger partial charge in [-0.15, -0.1) is 0 Å². The fraction of sp³-hybridized carbons (Fsp3) is 0.750. The van der Waals surface area contributed by atoms with Gasteiger partial charge in [-0.2, -0.15) is 0 Å². The van der Waals surface area contributed by atoms with E-state index < -0.39 is 6.09 Å². The first-order chi connectivity index (χ1) is 5.56. The Kier molecular flexibility index (Phi) is 5.08. The van der Waals surface area contributed by atoms with Gasteiger partial charge in [0.25, 0.3) is 0 Å². The molecule has 0 aromatic rings. The van der Waals surface area contributed by atoms with Gasteiger partial charge in [0.1, 0.15) is 6.29 Å². The van der Waals surface area contributed by atoms with Crippen LogP contribution in [0.5, 0.6) is 0 Å². The van der Waals surface area contributed by atoms with E-state index in [1.54, 1.807) is 0 Å². The maximum atomic E-state index is 10.2. The molecule has 0 aromatic heterocycles. The fourth-order valence-corrected chi connectivity index (χ4v) is 1.07. The third-order valence-corrected chi connectivity index (χ3v) is 1.46. The Morgan fingerprint density at radius 2 is 2.17 bits per heavy atom. The van der Waals surface area contributed by atoms with Crippen molar-refractivity contribution in [1.29, 1.82) is 0 Å². The second-order valence-corrected chi connectivity index (χ2v) is 3.18. The normalized spacial score (nSPS) is 12.6. The zero-order chi connectivity index (χ0) is 9.56. The lowest BCUT2D eigenvalue weighted by molar-refractivity contribution is -0.108. The summed E-state index contributed by atoms with van der Waals surface area (Å²) in [6, 6.07) is -0.236. The van der Waals surface area contributed by atoms with Crippen LogP contribution in [0.4, 0.5) is 4.79 Å². The number of amides is 1. The lowest BCUT2D eigenvalue weighted by atomic mass is 10.0. The van der Waals surface area contributed by atoms with Crippen molar-refractivity contribution < 1.29 is 14.7 Å². The summed E-state index contributed by atoms with van der Waals surface area (Å²) < 4.78 is 0. The van der Waals surface area contributed by atoms with E-state index in [1.807, 2.05) is 13.8 Å². The molecule has 0 bridgehead atoms. The Bertz CT molecular complexity index is 156. The van der Waals surface area contributed by atoms with Crippen molar-refractivity contribution in [3.8, 4) is 0 Å². The van der Waals surface area contributed by atoms with E-state index >= 15 is 0 Å². The molecular weight excluding hydrogens is 158 g/mol. The third-order valence-electron chi connectivity index (χ3n) is 1.46. The molecule has 70 valence electrons. The van der Waals surface area contributed by atoms with Crippen LogP contribution < -0.4 is 5.32 Å². The predicted molar refractivity (Wildman–Crippen MR) is 45.1 cm³/mol. The number of carbonyl (C=O) groups excluding carboxylic acids is 1. The lowest BCUT2D eigenvalue weighted by Gasteiger charge is -2.15. The summed E-state index contributed by atoms with van der Waals surface area (Å²) >= 11 is 0. The minimum atomic E-state index is -1.07. The number of hydrogen-bond donors (Lipinski definition) is 2. The van der Waals surface area contributed by atoms with Crippen molar-refractivity contribution in [2.24, 2.45) is 5.92 Å². The van der Waals surface area contributed by atoms with Crippen molar-refractivity contribution in [2.45, 2.75) is 32.7 Å². The van der Waals surface area contributed by atoms with E-state index in [4.69, 9.17) is 5.11 Å². The molecule has 0 heterocycles. The Morgan fingerprint density at radius 3 is 2.50 bits per heavy atom. The number of carbonyl (C=O) groups is 2. The smallest absolute Gasteiger partial charge is 0.404 e. The largest absolute Gasteiger partial charge is 0.465 e. The Labute approximate surface area is 72.0 Å². The van der Waals surface area contributed by atoms with Crippen LogP contribution in [0, 0.1) is 5.92 Å². The van der Waals surface area contributed by atoms with Crippen LogP contribution in [-0.4, -0.2) is 23.5 Å². The molecule has 0 radical (unpaired) electrons. The Hall–Kier alpha value is -1.06. The zero-order valence-corrected chi connectivity index (χ0v) is 7.41. The van der Waals surface area contributed by atoms with E-state index in [9.17, 15) is 9.59 Å². The van der Waals surface area contributed by atoms with Crippen LogP contribution in [0.25, 0.3) is 0 Å². The standard InChI is InChI=1S/C8H15NO3/c1-6(2)5-7(3-4-10)9-8(11)12/h4,6-7,9H,3,5H2,1-2H3,(H,11,12)/t7-/m1/s1.